The van der Waals surface area contributed by atoms with Gasteiger partial charge in [-0.05, 0) is 70.1 Å². The second-order valence-corrected chi connectivity index (χ2v) is 18.9. The second kappa shape index (κ2) is 22.8. The quantitative estimate of drug-likeness (QED) is 0.0488. The van der Waals surface area contributed by atoms with Gasteiger partial charge in [0, 0.05) is 55.9 Å². The van der Waals surface area contributed by atoms with E-state index in [1.807, 2.05) is 18.2 Å². The largest absolute Gasteiger partial charge is 0.360 e. The number of rotatable bonds is 26. The van der Waals surface area contributed by atoms with Crippen LogP contribution in [0.4, 0.5) is 0 Å². The molecule has 1 saturated carbocycles. The van der Waals surface area contributed by atoms with Crippen molar-refractivity contribution in [3.05, 3.63) is 108 Å². The molecule has 1 saturated heterocycles. The Kier molecular flexibility index (Phi) is 18.0. The maximum absolute atomic E-state index is 13.4. The van der Waals surface area contributed by atoms with Crippen molar-refractivity contribution in [1.29, 1.82) is 5.26 Å². The van der Waals surface area contributed by atoms with Crippen molar-refractivity contribution in [3.63, 3.8) is 0 Å². The minimum atomic E-state index is -1.43. The summed E-state index contributed by atoms with van der Waals surface area (Å²) >= 11 is 0. The number of hydrogen-bond donors (Lipinski definition) is 1. The van der Waals surface area contributed by atoms with Gasteiger partial charge >= 0.3 is 0 Å². The van der Waals surface area contributed by atoms with E-state index < -0.39 is 14.1 Å². The smallest absolute Gasteiger partial charge is 0.259 e. The van der Waals surface area contributed by atoms with E-state index in [4.69, 9.17) is 13.8 Å². The molecular formula is C49H69N4O5P. The molecule has 1 aliphatic heterocycles. The number of ether oxygens (including phenoxy) is 1. The first-order valence-corrected chi connectivity index (χ1v) is 23.2. The fourth-order valence-electron chi connectivity index (χ4n) is 9.39. The number of nitrogens with zero attached hydrogens (tertiary/aromatic N) is 3. The molecule has 320 valence electrons. The summed E-state index contributed by atoms with van der Waals surface area (Å²) in [6.07, 6.45) is 12.1. The zero-order chi connectivity index (χ0) is 42.1. The first-order valence-electron chi connectivity index (χ1n) is 22.1. The van der Waals surface area contributed by atoms with Crippen LogP contribution >= 0.6 is 8.53 Å². The SMILES string of the molecule is CNC(=O)CCCCCCCCCCC(=O)N1CC2(C1)CC(COP(OCCC#N)N(C(C)C)C(C)C)(COC(c1ccccc1)(c1ccccc1)c1ccccc1)C2. The highest BCUT2D eigenvalue weighted by atomic mass is 31.2. The monoisotopic (exact) mass is 825 g/mol. The lowest BCUT2D eigenvalue weighted by molar-refractivity contribution is -0.196. The second-order valence-electron chi connectivity index (χ2n) is 17.5. The molecular weight excluding hydrogens is 756 g/mol. The fraction of sp³-hybridized carbons (Fsp3) is 0.571. The number of benzene rings is 3. The summed E-state index contributed by atoms with van der Waals surface area (Å²) in [5.74, 6) is 0.392. The molecule has 1 spiro atoms. The summed E-state index contributed by atoms with van der Waals surface area (Å²) in [6, 6.07) is 34.2. The van der Waals surface area contributed by atoms with Gasteiger partial charge in [0.25, 0.3) is 8.53 Å². The molecule has 5 rings (SSSR count). The summed E-state index contributed by atoms with van der Waals surface area (Å²) < 4.78 is 23.0. The zero-order valence-electron chi connectivity index (χ0n) is 36.4. The number of hydrogen-bond acceptors (Lipinski definition) is 7. The molecule has 3 aromatic rings. The molecule has 0 bridgehead atoms. The minimum Gasteiger partial charge on any atom is -0.360 e. The number of carbonyl (C=O) groups excluding carboxylic acids is 2. The van der Waals surface area contributed by atoms with Gasteiger partial charge in [-0.3, -0.25) is 9.59 Å². The molecule has 1 heterocycles. The lowest BCUT2D eigenvalue weighted by Crippen LogP contribution is -2.68. The Balaban J connectivity index is 1.28. The van der Waals surface area contributed by atoms with Crippen molar-refractivity contribution in [2.45, 2.75) is 129 Å². The molecule has 2 aliphatic rings. The molecule has 3 aromatic carbocycles. The van der Waals surface area contributed by atoms with Gasteiger partial charge in [-0.15, -0.1) is 0 Å². The van der Waals surface area contributed by atoms with Crippen LogP contribution in [0.3, 0.4) is 0 Å². The molecule has 0 aromatic heterocycles. The Morgan fingerprint density at radius 1 is 0.746 bits per heavy atom. The van der Waals surface area contributed by atoms with Gasteiger partial charge in [-0.1, -0.05) is 130 Å². The number of nitriles is 1. The third kappa shape index (κ3) is 12.5. The van der Waals surface area contributed by atoms with Crippen LogP contribution in [0.5, 0.6) is 0 Å². The molecule has 1 atom stereocenters. The molecule has 10 heteroatoms. The summed E-state index contributed by atoms with van der Waals surface area (Å²) in [5, 5.41) is 12.0. The minimum absolute atomic E-state index is 0.0509. The van der Waals surface area contributed by atoms with Crippen LogP contribution in [0.15, 0.2) is 91.0 Å². The molecule has 0 radical (unpaired) electrons. The van der Waals surface area contributed by atoms with Crippen molar-refractivity contribution in [1.82, 2.24) is 14.9 Å². The molecule has 1 unspecified atom stereocenters. The van der Waals surface area contributed by atoms with E-state index in [1.54, 1.807) is 7.05 Å². The molecule has 9 nitrogen and oxygen atoms in total. The first-order chi connectivity index (χ1) is 28.6. The van der Waals surface area contributed by atoms with Crippen molar-refractivity contribution < 1.29 is 23.4 Å². The van der Waals surface area contributed by atoms with Crippen LogP contribution in [0.2, 0.25) is 0 Å². The molecule has 2 amide bonds. The number of unbranched alkanes of at least 4 members (excludes halogenated alkanes) is 7. The lowest BCUT2D eigenvalue weighted by atomic mass is 9.50. The van der Waals surface area contributed by atoms with Crippen LogP contribution in [-0.4, -0.2) is 73.4 Å². The van der Waals surface area contributed by atoms with E-state index >= 15 is 0 Å². The summed E-state index contributed by atoms with van der Waals surface area (Å²) in [6.45, 7) is 11.5. The highest BCUT2D eigenvalue weighted by Gasteiger charge is 2.61. The Bertz CT molecular complexity index is 1630. The predicted molar refractivity (Wildman–Crippen MR) is 237 cm³/mol. The van der Waals surface area contributed by atoms with Crippen LogP contribution in [-0.2, 0) is 29.0 Å². The normalized spacial score (nSPS) is 16.2. The van der Waals surface area contributed by atoms with Gasteiger partial charge in [-0.2, -0.15) is 5.26 Å². The first kappa shape index (κ1) is 46.4. The summed E-state index contributed by atoms with van der Waals surface area (Å²) in [7, 11) is 0.263. The summed E-state index contributed by atoms with van der Waals surface area (Å²) in [4.78, 5) is 26.8. The standard InChI is InChI=1S/C49H69N4O5P/c1-40(2)53(41(3)4)59(57-33-23-32-50)58-39-48(34-47(35-48)36-52(37-47)46(55)31-22-11-9-7-6-8-10-21-30-45(54)51-5)38-56-49(42-24-15-12-16-25-42,43-26-17-13-18-27-43)44-28-19-14-20-29-44/h12-20,24-29,40-41H,6-11,21-23,30-31,33-39H2,1-5H3,(H,51,54). The van der Waals surface area contributed by atoms with E-state index in [-0.39, 0.29) is 34.7 Å². The van der Waals surface area contributed by atoms with Gasteiger partial charge in [-0.25, -0.2) is 4.67 Å². The molecule has 2 fully saturated rings. The van der Waals surface area contributed by atoms with E-state index in [0.29, 0.717) is 39.1 Å². The van der Waals surface area contributed by atoms with Gasteiger partial charge in [0.1, 0.15) is 5.60 Å². The van der Waals surface area contributed by atoms with Crippen LogP contribution in [0, 0.1) is 22.2 Å². The lowest BCUT2D eigenvalue weighted by Gasteiger charge is -2.64. The van der Waals surface area contributed by atoms with Crippen molar-refractivity contribution in [3.8, 4) is 6.07 Å². The van der Waals surface area contributed by atoms with Crippen molar-refractivity contribution in [2.75, 3.05) is 40.0 Å². The Labute approximate surface area is 356 Å². The van der Waals surface area contributed by atoms with Crippen LogP contribution in [0.1, 0.15) is 128 Å². The van der Waals surface area contributed by atoms with Crippen LogP contribution < -0.4 is 5.32 Å². The predicted octanol–water partition coefficient (Wildman–Crippen LogP) is 10.5. The number of amides is 2. The van der Waals surface area contributed by atoms with Gasteiger partial charge in [0.2, 0.25) is 11.8 Å². The third-order valence-corrected chi connectivity index (χ3v) is 14.1. The Hall–Kier alpha value is -3.64. The van der Waals surface area contributed by atoms with E-state index in [9.17, 15) is 14.9 Å². The third-order valence-electron chi connectivity index (χ3n) is 12.0. The topological polar surface area (TPSA) is 104 Å². The fourth-order valence-corrected chi connectivity index (χ4v) is 11.1. The van der Waals surface area contributed by atoms with Crippen molar-refractivity contribution >= 4 is 20.3 Å². The van der Waals surface area contributed by atoms with Gasteiger partial charge in [0.05, 0.1) is 32.3 Å². The Morgan fingerprint density at radius 3 is 1.68 bits per heavy atom. The van der Waals surface area contributed by atoms with Gasteiger partial charge in [0.15, 0.2) is 0 Å². The number of nitrogens with one attached hydrogen (secondary N) is 1. The highest BCUT2D eigenvalue weighted by molar-refractivity contribution is 7.44. The van der Waals surface area contributed by atoms with Crippen molar-refractivity contribution in [2.24, 2.45) is 10.8 Å². The average Bonchev–Trinajstić information content (AvgIpc) is 3.22. The molecule has 1 N–H and O–H groups in total. The number of carbonyl (C=O) groups is 2. The zero-order valence-corrected chi connectivity index (χ0v) is 37.3. The van der Waals surface area contributed by atoms with E-state index in [0.717, 1.165) is 74.7 Å². The van der Waals surface area contributed by atoms with Crippen LogP contribution in [0.25, 0.3) is 0 Å². The average molecular weight is 825 g/mol. The maximum atomic E-state index is 13.4. The highest BCUT2D eigenvalue weighted by Crippen LogP contribution is 2.62. The van der Waals surface area contributed by atoms with E-state index in [1.165, 1.54) is 19.3 Å². The summed E-state index contributed by atoms with van der Waals surface area (Å²) in [5.41, 5.74) is 2.08. The Morgan fingerprint density at radius 2 is 1.22 bits per heavy atom. The van der Waals surface area contributed by atoms with Gasteiger partial charge < -0.3 is 24.0 Å². The number of likely N-dealkylation sites (tertiary alicyclic amines) is 1. The maximum Gasteiger partial charge on any atom is 0.259 e. The molecule has 1 aliphatic carbocycles. The van der Waals surface area contributed by atoms with E-state index in [2.05, 4.69) is 121 Å². The molecule has 59 heavy (non-hydrogen) atoms.